The van der Waals surface area contributed by atoms with E-state index < -0.39 is 0 Å². The van der Waals surface area contributed by atoms with Gasteiger partial charge in [-0.3, -0.25) is 4.79 Å². The van der Waals surface area contributed by atoms with E-state index in [1.54, 1.807) is 18.2 Å². The molecule has 0 radical (unpaired) electrons. The van der Waals surface area contributed by atoms with E-state index in [2.05, 4.69) is 29.2 Å². The highest BCUT2D eigenvalue weighted by Gasteiger charge is 2.16. The third kappa shape index (κ3) is 5.87. The van der Waals surface area contributed by atoms with Gasteiger partial charge in [-0.2, -0.15) is 0 Å². The summed E-state index contributed by atoms with van der Waals surface area (Å²) in [4.78, 5) is 14.7. The predicted octanol–water partition coefficient (Wildman–Crippen LogP) is 4.24. The van der Waals surface area contributed by atoms with Gasteiger partial charge < -0.3 is 14.7 Å². The number of aromatic nitrogens is 1. The number of nitrogens with zero attached hydrogens (tertiary/aromatic N) is 2. The largest absolute Gasteiger partial charge is 0.355 e. The van der Waals surface area contributed by atoms with Crippen LogP contribution in [-0.2, 0) is 0 Å². The summed E-state index contributed by atoms with van der Waals surface area (Å²) >= 11 is 5.88. The molecular weight excluding hydrogens is 338 g/mol. The van der Waals surface area contributed by atoms with Crippen LogP contribution in [0.15, 0.2) is 34.9 Å². The molecule has 1 atom stereocenters. The van der Waals surface area contributed by atoms with Crippen molar-refractivity contribution in [3.05, 3.63) is 41.0 Å². The molecule has 25 heavy (non-hydrogen) atoms. The lowest BCUT2D eigenvalue weighted by molar-refractivity contribution is 0.0928. The molecule has 2 aromatic rings. The van der Waals surface area contributed by atoms with Gasteiger partial charge in [-0.1, -0.05) is 30.6 Å². The molecule has 1 aromatic heterocycles. The Hall–Kier alpha value is -1.85. The van der Waals surface area contributed by atoms with Crippen LogP contribution in [0.25, 0.3) is 11.3 Å². The molecule has 1 amide bonds. The third-order valence-electron chi connectivity index (χ3n) is 4.25. The molecule has 0 fully saturated rings. The SMILES string of the molecule is CCN(CC)CCC[C@@H](C)NC(=O)c1cc(-c2ccc(Cl)cc2)on1. The first-order valence-corrected chi connectivity index (χ1v) is 9.17. The lowest BCUT2D eigenvalue weighted by Crippen LogP contribution is -2.33. The van der Waals surface area contributed by atoms with Gasteiger partial charge in [0.25, 0.3) is 5.91 Å². The first-order valence-electron chi connectivity index (χ1n) is 8.79. The van der Waals surface area contributed by atoms with Crippen molar-refractivity contribution in [1.29, 1.82) is 0 Å². The van der Waals surface area contributed by atoms with Crippen molar-refractivity contribution in [2.75, 3.05) is 19.6 Å². The first-order chi connectivity index (χ1) is 12.0. The van der Waals surface area contributed by atoms with E-state index in [0.717, 1.165) is 38.0 Å². The second-order valence-electron chi connectivity index (χ2n) is 6.13. The van der Waals surface area contributed by atoms with E-state index in [-0.39, 0.29) is 11.9 Å². The molecule has 0 saturated heterocycles. The molecule has 0 spiro atoms. The first kappa shape index (κ1) is 19.5. The fourth-order valence-corrected chi connectivity index (χ4v) is 2.79. The highest BCUT2D eigenvalue weighted by molar-refractivity contribution is 6.30. The molecule has 0 saturated carbocycles. The Labute approximate surface area is 154 Å². The fraction of sp³-hybridized carbons (Fsp3) is 0.474. The Balaban J connectivity index is 1.85. The Morgan fingerprint density at radius 2 is 1.96 bits per heavy atom. The maximum atomic E-state index is 12.3. The van der Waals surface area contributed by atoms with Crippen LogP contribution < -0.4 is 5.32 Å². The summed E-state index contributed by atoms with van der Waals surface area (Å²) in [6.45, 7) is 9.51. The molecule has 0 aliphatic heterocycles. The second kappa shape index (κ2) is 9.59. The van der Waals surface area contributed by atoms with Gasteiger partial charge in [-0.05, 0) is 63.7 Å². The van der Waals surface area contributed by atoms with Gasteiger partial charge in [0, 0.05) is 22.7 Å². The monoisotopic (exact) mass is 363 g/mol. The summed E-state index contributed by atoms with van der Waals surface area (Å²) < 4.78 is 5.27. The Morgan fingerprint density at radius 3 is 2.60 bits per heavy atom. The zero-order valence-electron chi connectivity index (χ0n) is 15.1. The Morgan fingerprint density at radius 1 is 1.28 bits per heavy atom. The molecule has 2 rings (SSSR count). The number of rotatable bonds is 9. The lowest BCUT2D eigenvalue weighted by Gasteiger charge is -2.19. The minimum absolute atomic E-state index is 0.0961. The highest BCUT2D eigenvalue weighted by Crippen LogP contribution is 2.22. The smallest absolute Gasteiger partial charge is 0.273 e. The molecule has 5 nitrogen and oxygen atoms in total. The molecule has 0 aliphatic carbocycles. The van der Waals surface area contributed by atoms with Gasteiger partial charge in [-0.25, -0.2) is 0 Å². The average molecular weight is 364 g/mol. The van der Waals surface area contributed by atoms with Crippen LogP contribution in [0.1, 0.15) is 44.1 Å². The number of nitrogens with one attached hydrogen (secondary N) is 1. The minimum Gasteiger partial charge on any atom is -0.355 e. The molecule has 6 heteroatoms. The Bertz CT molecular complexity index is 666. The maximum Gasteiger partial charge on any atom is 0.273 e. The quantitative estimate of drug-likeness (QED) is 0.724. The number of hydrogen-bond acceptors (Lipinski definition) is 4. The van der Waals surface area contributed by atoms with Crippen LogP contribution >= 0.6 is 11.6 Å². The number of halogens is 1. The molecule has 0 unspecified atom stereocenters. The summed E-state index contributed by atoms with van der Waals surface area (Å²) in [5, 5.41) is 7.51. The Kier molecular flexibility index (Phi) is 7.47. The van der Waals surface area contributed by atoms with Crippen LogP contribution in [0, 0.1) is 0 Å². The standard InChI is InChI=1S/C19H26ClN3O2/c1-4-23(5-2)12-6-7-14(3)21-19(24)17-13-18(25-22-17)15-8-10-16(20)11-9-15/h8-11,13-14H,4-7,12H2,1-3H3,(H,21,24)/t14-/m1/s1. The van der Waals surface area contributed by atoms with Crippen LogP contribution in [0.3, 0.4) is 0 Å². The van der Waals surface area contributed by atoms with Crippen molar-refractivity contribution in [2.45, 2.75) is 39.7 Å². The van der Waals surface area contributed by atoms with E-state index in [1.165, 1.54) is 0 Å². The van der Waals surface area contributed by atoms with E-state index in [9.17, 15) is 4.79 Å². The van der Waals surface area contributed by atoms with Gasteiger partial charge >= 0.3 is 0 Å². The number of hydrogen-bond donors (Lipinski definition) is 1. The number of carbonyl (C=O) groups excluding carboxylic acids is 1. The lowest BCUT2D eigenvalue weighted by atomic mass is 10.1. The normalized spacial score (nSPS) is 12.4. The van der Waals surface area contributed by atoms with Gasteiger partial charge in [0.2, 0.25) is 0 Å². The summed E-state index contributed by atoms with van der Waals surface area (Å²) in [5.41, 5.74) is 1.13. The molecule has 1 N–H and O–H groups in total. The van der Waals surface area contributed by atoms with Crippen molar-refractivity contribution in [2.24, 2.45) is 0 Å². The van der Waals surface area contributed by atoms with Crippen LogP contribution in [0.2, 0.25) is 5.02 Å². The number of benzene rings is 1. The zero-order chi connectivity index (χ0) is 18.2. The van der Waals surface area contributed by atoms with Crippen LogP contribution in [0.4, 0.5) is 0 Å². The molecule has 136 valence electrons. The van der Waals surface area contributed by atoms with Crippen molar-refractivity contribution < 1.29 is 9.32 Å². The second-order valence-corrected chi connectivity index (χ2v) is 6.56. The average Bonchev–Trinajstić information content (AvgIpc) is 3.09. The van der Waals surface area contributed by atoms with Crippen LogP contribution in [0.5, 0.6) is 0 Å². The van der Waals surface area contributed by atoms with E-state index in [4.69, 9.17) is 16.1 Å². The fourth-order valence-electron chi connectivity index (χ4n) is 2.66. The van der Waals surface area contributed by atoms with Crippen molar-refractivity contribution >= 4 is 17.5 Å². The summed E-state index contributed by atoms with van der Waals surface area (Å²) in [6, 6.07) is 8.97. The van der Waals surface area contributed by atoms with Crippen molar-refractivity contribution in [3.8, 4) is 11.3 Å². The minimum atomic E-state index is -0.209. The maximum absolute atomic E-state index is 12.3. The summed E-state index contributed by atoms with van der Waals surface area (Å²) in [5.74, 6) is 0.343. The van der Waals surface area contributed by atoms with Crippen molar-refractivity contribution in [1.82, 2.24) is 15.4 Å². The molecule has 1 aromatic carbocycles. The van der Waals surface area contributed by atoms with Crippen LogP contribution in [-0.4, -0.2) is 41.6 Å². The summed E-state index contributed by atoms with van der Waals surface area (Å²) in [7, 11) is 0. The van der Waals surface area contributed by atoms with E-state index >= 15 is 0 Å². The van der Waals surface area contributed by atoms with Gasteiger partial charge in [0.05, 0.1) is 0 Å². The predicted molar refractivity (Wildman–Crippen MR) is 101 cm³/mol. The van der Waals surface area contributed by atoms with Crippen molar-refractivity contribution in [3.63, 3.8) is 0 Å². The molecule has 0 bridgehead atoms. The number of amides is 1. The van der Waals surface area contributed by atoms with Gasteiger partial charge in [-0.15, -0.1) is 0 Å². The highest BCUT2D eigenvalue weighted by atomic mass is 35.5. The zero-order valence-corrected chi connectivity index (χ0v) is 15.8. The third-order valence-corrected chi connectivity index (χ3v) is 4.51. The number of carbonyl (C=O) groups is 1. The summed E-state index contributed by atoms with van der Waals surface area (Å²) in [6.07, 6.45) is 1.99. The molecule has 1 heterocycles. The molecular formula is C19H26ClN3O2. The van der Waals surface area contributed by atoms with E-state index in [1.807, 2.05) is 19.1 Å². The van der Waals surface area contributed by atoms with E-state index in [0.29, 0.717) is 16.5 Å². The van der Waals surface area contributed by atoms with Gasteiger partial charge in [0.15, 0.2) is 11.5 Å². The van der Waals surface area contributed by atoms with Gasteiger partial charge in [0.1, 0.15) is 0 Å². The molecule has 0 aliphatic rings. The topological polar surface area (TPSA) is 58.4 Å².